The summed E-state index contributed by atoms with van der Waals surface area (Å²) in [6, 6.07) is 11.1. The highest BCUT2D eigenvalue weighted by molar-refractivity contribution is 7.99. The number of hydrogen-bond donors (Lipinski definition) is 0. The molecule has 0 radical (unpaired) electrons. The van der Waals surface area contributed by atoms with Crippen LogP contribution in [0.15, 0.2) is 35.5 Å². The Kier molecular flexibility index (Phi) is 7.86. The van der Waals surface area contributed by atoms with Crippen molar-refractivity contribution in [2.24, 2.45) is 0 Å². The number of carbonyl (C=O) groups excluding carboxylic acids is 1. The van der Waals surface area contributed by atoms with E-state index in [-0.39, 0.29) is 11.2 Å². The highest BCUT2D eigenvalue weighted by Crippen LogP contribution is 2.37. The van der Waals surface area contributed by atoms with Gasteiger partial charge in [-0.3, -0.25) is 9.36 Å². The van der Waals surface area contributed by atoms with Crippen molar-refractivity contribution in [3.63, 3.8) is 0 Å². The number of aromatic nitrogens is 4. The first-order chi connectivity index (χ1) is 16.7. The Hall–Kier alpha value is -2.38. The van der Waals surface area contributed by atoms with Gasteiger partial charge in [0.15, 0.2) is 16.8 Å². The molecule has 188 valence electrons. The summed E-state index contributed by atoms with van der Waals surface area (Å²) in [4.78, 5) is 13.2. The molecule has 3 aromatic rings. The van der Waals surface area contributed by atoms with Crippen molar-refractivity contribution in [3.05, 3.63) is 52.8 Å². The SMILES string of the molecule is COCCn1c(C)cc(C(=O)CSc2nnc(-c3ccc(C(C)(C)C)cc3)n2C2CCCC2)c1C. The van der Waals surface area contributed by atoms with E-state index in [2.05, 4.69) is 64.4 Å². The molecule has 1 aromatic carbocycles. The second-order valence-electron chi connectivity index (χ2n) is 10.6. The fraction of sp³-hybridized carbons (Fsp3) is 0.536. The molecule has 0 bridgehead atoms. The molecular weight excluding hydrogens is 456 g/mol. The molecule has 2 heterocycles. The first kappa shape index (κ1) is 25.7. The minimum absolute atomic E-state index is 0.109. The van der Waals surface area contributed by atoms with Crippen LogP contribution in [-0.2, 0) is 16.7 Å². The van der Waals surface area contributed by atoms with Crippen LogP contribution >= 0.6 is 11.8 Å². The van der Waals surface area contributed by atoms with Crippen molar-refractivity contribution >= 4 is 17.5 Å². The Labute approximate surface area is 213 Å². The molecule has 0 unspecified atom stereocenters. The number of hydrogen-bond acceptors (Lipinski definition) is 5. The number of nitrogens with zero attached hydrogens (tertiary/aromatic N) is 4. The predicted molar refractivity (Wildman–Crippen MR) is 142 cm³/mol. The Morgan fingerprint density at radius 1 is 1.11 bits per heavy atom. The van der Waals surface area contributed by atoms with Crippen molar-refractivity contribution in [1.82, 2.24) is 19.3 Å². The lowest BCUT2D eigenvalue weighted by molar-refractivity contribution is 0.102. The molecule has 0 atom stereocenters. The Morgan fingerprint density at radius 2 is 1.80 bits per heavy atom. The Balaban J connectivity index is 1.57. The van der Waals surface area contributed by atoms with Crippen molar-refractivity contribution in [2.75, 3.05) is 19.5 Å². The zero-order valence-electron chi connectivity index (χ0n) is 21.9. The zero-order chi connectivity index (χ0) is 25.2. The van der Waals surface area contributed by atoms with E-state index in [4.69, 9.17) is 4.74 Å². The van der Waals surface area contributed by atoms with E-state index in [9.17, 15) is 4.79 Å². The standard InChI is InChI=1S/C28H38N4O2S/c1-19-17-24(20(2)31(19)15-16-34-6)25(33)18-35-27-30-29-26(32(27)23-9-7-8-10-23)21-11-13-22(14-12-21)28(3,4)5/h11-14,17,23H,7-10,15-16,18H2,1-6H3. The van der Waals surface area contributed by atoms with Gasteiger partial charge in [-0.15, -0.1) is 10.2 Å². The van der Waals surface area contributed by atoms with Crippen molar-refractivity contribution in [1.29, 1.82) is 0 Å². The summed E-state index contributed by atoms with van der Waals surface area (Å²) in [5, 5.41) is 10.0. The van der Waals surface area contributed by atoms with E-state index < -0.39 is 0 Å². The molecule has 0 saturated heterocycles. The van der Waals surface area contributed by atoms with Gasteiger partial charge in [0.2, 0.25) is 0 Å². The van der Waals surface area contributed by atoms with Gasteiger partial charge in [-0.05, 0) is 43.7 Å². The van der Waals surface area contributed by atoms with Gasteiger partial charge in [0.1, 0.15) is 0 Å². The summed E-state index contributed by atoms with van der Waals surface area (Å²) in [5.41, 5.74) is 5.37. The molecule has 2 aromatic heterocycles. The predicted octanol–water partition coefficient (Wildman–Crippen LogP) is 6.40. The first-order valence-electron chi connectivity index (χ1n) is 12.6. The fourth-order valence-electron chi connectivity index (χ4n) is 5.00. The largest absolute Gasteiger partial charge is 0.383 e. The van der Waals surface area contributed by atoms with E-state index >= 15 is 0 Å². The third kappa shape index (κ3) is 5.56. The lowest BCUT2D eigenvalue weighted by atomic mass is 9.86. The minimum Gasteiger partial charge on any atom is -0.383 e. The van der Waals surface area contributed by atoms with Crippen LogP contribution in [0.5, 0.6) is 0 Å². The number of benzene rings is 1. The molecular formula is C28H38N4O2S. The van der Waals surface area contributed by atoms with Gasteiger partial charge in [-0.25, -0.2) is 0 Å². The molecule has 1 aliphatic carbocycles. The average molecular weight is 495 g/mol. The molecule has 6 nitrogen and oxygen atoms in total. The van der Waals surface area contributed by atoms with Crippen LogP contribution in [0, 0.1) is 13.8 Å². The molecule has 35 heavy (non-hydrogen) atoms. The van der Waals surface area contributed by atoms with Crippen LogP contribution in [0.25, 0.3) is 11.4 Å². The maximum atomic E-state index is 13.2. The van der Waals surface area contributed by atoms with E-state index in [0.717, 1.165) is 52.9 Å². The van der Waals surface area contributed by atoms with Gasteiger partial charge in [0.05, 0.1) is 12.4 Å². The Bertz CT molecular complexity index is 1170. The average Bonchev–Trinajstić information content (AvgIpc) is 3.55. The van der Waals surface area contributed by atoms with E-state index in [1.165, 1.54) is 30.2 Å². The van der Waals surface area contributed by atoms with Crippen LogP contribution in [-0.4, -0.2) is 44.6 Å². The van der Waals surface area contributed by atoms with Gasteiger partial charge in [-0.1, -0.05) is 69.6 Å². The second-order valence-corrected chi connectivity index (χ2v) is 11.5. The number of rotatable bonds is 9. The van der Waals surface area contributed by atoms with Crippen LogP contribution < -0.4 is 0 Å². The van der Waals surface area contributed by atoms with Crippen molar-refractivity contribution in [3.8, 4) is 11.4 Å². The molecule has 0 aliphatic heterocycles. The van der Waals surface area contributed by atoms with Crippen molar-refractivity contribution in [2.45, 2.75) is 83.5 Å². The zero-order valence-corrected chi connectivity index (χ0v) is 22.7. The molecule has 0 spiro atoms. The number of ketones is 1. The number of thioether (sulfide) groups is 1. The second kappa shape index (κ2) is 10.7. The van der Waals surface area contributed by atoms with Crippen LogP contribution in [0.4, 0.5) is 0 Å². The molecule has 4 rings (SSSR count). The number of methoxy groups -OCH3 is 1. The summed E-state index contributed by atoms with van der Waals surface area (Å²) in [5.74, 6) is 1.39. The number of carbonyl (C=O) groups is 1. The Morgan fingerprint density at radius 3 is 2.43 bits per heavy atom. The third-order valence-corrected chi connectivity index (χ3v) is 8.03. The fourth-order valence-corrected chi connectivity index (χ4v) is 5.89. The normalized spacial score (nSPS) is 14.7. The molecule has 1 aliphatic rings. The molecule has 7 heteroatoms. The van der Waals surface area contributed by atoms with Gasteiger partial charge < -0.3 is 9.30 Å². The van der Waals surface area contributed by atoms with E-state index in [0.29, 0.717) is 18.4 Å². The summed E-state index contributed by atoms with van der Waals surface area (Å²) in [7, 11) is 1.70. The van der Waals surface area contributed by atoms with Crippen LogP contribution in [0.3, 0.4) is 0 Å². The minimum atomic E-state index is 0.109. The first-order valence-corrected chi connectivity index (χ1v) is 13.6. The van der Waals surface area contributed by atoms with Gasteiger partial charge in [0.25, 0.3) is 0 Å². The molecule has 0 N–H and O–H groups in total. The van der Waals surface area contributed by atoms with Crippen LogP contribution in [0.1, 0.15) is 79.8 Å². The van der Waals surface area contributed by atoms with Crippen LogP contribution in [0.2, 0.25) is 0 Å². The van der Waals surface area contributed by atoms with Gasteiger partial charge >= 0.3 is 0 Å². The van der Waals surface area contributed by atoms with E-state index in [1.54, 1.807) is 7.11 Å². The third-order valence-electron chi connectivity index (χ3n) is 7.09. The number of ether oxygens (including phenoxy) is 1. The lowest BCUT2D eigenvalue weighted by Gasteiger charge is -2.20. The maximum Gasteiger partial charge on any atom is 0.192 e. The van der Waals surface area contributed by atoms with Gasteiger partial charge in [-0.2, -0.15) is 0 Å². The quantitative estimate of drug-likeness (QED) is 0.254. The summed E-state index contributed by atoms with van der Waals surface area (Å²) < 4.78 is 9.67. The summed E-state index contributed by atoms with van der Waals surface area (Å²) in [6.45, 7) is 12.1. The highest BCUT2D eigenvalue weighted by Gasteiger charge is 2.26. The maximum absolute atomic E-state index is 13.2. The van der Waals surface area contributed by atoms with Crippen molar-refractivity contribution < 1.29 is 9.53 Å². The molecule has 1 fully saturated rings. The number of aryl methyl sites for hydroxylation is 1. The molecule has 0 amide bonds. The number of Topliss-reactive ketones (excluding diaryl/α,β-unsaturated/α-hetero) is 1. The molecule has 1 saturated carbocycles. The highest BCUT2D eigenvalue weighted by atomic mass is 32.2. The smallest absolute Gasteiger partial charge is 0.192 e. The van der Waals surface area contributed by atoms with E-state index in [1.807, 2.05) is 19.9 Å². The summed E-state index contributed by atoms with van der Waals surface area (Å²) in [6.07, 6.45) is 4.71. The topological polar surface area (TPSA) is 61.9 Å². The summed E-state index contributed by atoms with van der Waals surface area (Å²) >= 11 is 1.51. The monoisotopic (exact) mass is 494 g/mol. The lowest BCUT2D eigenvalue weighted by Crippen LogP contribution is -2.12. The van der Waals surface area contributed by atoms with Gasteiger partial charge in [0, 0.05) is 42.2 Å².